The molecule has 0 radical (unpaired) electrons. The number of benzene rings is 2. The van der Waals surface area contributed by atoms with E-state index in [0.29, 0.717) is 22.5 Å². The summed E-state index contributed by atoms with van der Waals surface area (Å²) in [5.41, 5.74) is 1.97. The van der Waals surface area contributed by atoms with Crippen LogP contribution in [0.1, 0.15) is 12.5 Å². The number of amides is 1. The van der Waals surface area contributed by atoms with Gasteiger partial charge in [0, 0.05) is 0 Å². The Hall–Kier alpha value is -2.84. The Bertz CT molecular complexity index is 994. The molecule has 128 valence electrons. The zero-order valence-electron chi connectivity index (χ0n) is 13.2. The van der Waals surface area contributed by atoms with E-state index in [1.165, 1.54) is 41.4 Å². The summed E-state index contributed by atoms with van der Waals surface area (Å²) >= 11 is 0. The Morgan fingerprint density at radius 2 is 1.68 bits per heavy atom. The Morgan fingerprint density at radius 3 is 2.24 bits per heavy atom. The molecule has 0 atom stereocenters. The number of hydrogen-bond donors (Lipinski definition) is 1. The van der Waals surface area contributed by atoms with Gasteiger partial charge in [0.25, 0.3) is 5.91 Å². The summed E-state index contributed by atoms with van der Waals surface area (Å²) in [5, 5.41) is 10.4. The maximum Gasteiger partial charge on any atom is 0.280 e. The molecule has 25 heavy (non-hydrogen) atoms. The van der Waals surface area contributed by atoms with Crippen LogP contribution in [0.5, 0.6) is 0 Å². The van der Waals surface area contributed by atoms with Crippen LogP contribution < -0.4 is 10.1 Å². The first-order valence-corrected chi connectivity index (χ1v) is 8.80. The van der Waals surface area contributed by atoms with E-state index < -0.39 is 10.0 Å². The van der Waals surface area contributed by atoms with E-state index >= 15 is 0 Å². The van der Waals surface area contributed by atoms with Crippen LogP contribution in [0.3, 0.4) is 0 Å². The van der Waals surface area contributed by atoms with Gasteiger partial charge in [0.15, 0.2) is 0 Å². The average molecular weight is 359 g/mol. The number of sulfonamides is 1. The minimum atomic E-state index is -3.80. The number of primary sulfonamides is 1. The predicted molar refractivity (Wildman–Crippen MR) is 92.8 cm³/mol. The van der Waals surface area contributed by atoms with Crippen LogP contribution in [-0.2, 0) is 14.8 Å². The maximum atomic E-state index is 13.0. The van der Waals surface area contributed by atoms with Crippen LogP contribution in [-0.4, -0.2) is 20.0 Å². The van der Waals surface area contributed by atoms with Gasteiger partial charge in [0.1, 0.15) is 5.82 Å². The van der Waals surface area contributed by atoms with Gasteiger partial charge in [-0.05, 0) is 55.0 Å². The van der Waals surface area contributed by atoms with Gasteiger partial charge in [-0.25, -0.2) is 17.9 Å². The van der Waals surface area contributed by atoms with Crippen molar-refractivity contribution < 1.29 is 17.6 Å². The normalized spacial score (nSPS) is 16.4. The van der Waals surface area contributed by atoms with Crippen molar-refractivity contribution in [1.82, 2.24) is 0 Å². The Kier molecular flexibility index (Phi) is 4.23. The average Bonchev–Trinajstić information content (AvgIpc) is 2.84. The zero-order valence-corrected chi connectivity index (χ0v) is 14.0. The minimum Gasteiger partial charge on any atom is -0.267 e. The molecular formula is C17H14FN3O3S. The lowest BCUT2D eigenvalue weighted by atomic mass is 10.1. The van der Waals surface area contributed by atoms with Crippen LogP contribution in [0, 0.1) is 5.82 Å². The second-order valence-electron chi connectivity index (χ2n) is 5.45. The standard InChI is InChI=1S/C17H14FN3O3S/c1-11-16(10-12-2-4-13(18)5-3-12)17(22)21(20-11)14-6-8-15(9-7-14)25(19,23)24/h2-10H,1H3,(H2,19,23,24)/b16-10-. The van der Waals surface area contributed by atoms with E-state index in [1.54, 1.807) is 25.1 Å². The lowest BCUT2D eigenvalue weighted by molar-refractivity contribution is -0.114. The highest BCUT2D eigenvalue weighted by Crippen LogP contribution is 2.26. The van der Waals surface area contributed by atoms with Crippen molar-refractivity contribution in [2.75, 3.05) is 5.01 Å². The number of nitrogens with zero attached hydrogens (tertiary/aromatic N) is 2. The first-order chi connectivity index (χ1) is 11.8. The fourth-order valence-corrected chi connectivity index (χ4v) is 2.88. The van der Waals surface area contributed by atoms with E-state index in [0.717, 1.165) is 0 Å². The smallest absolute Gasteiger partial charge is 0.267 e. The largest absolute Gasteiger partial charge is 0.280 e. The number of carbonyl (C=O) groups excluding carboxylic acids is 1. The molecule has 2 aromatic carbocycles. The molecule has 2 aromatic rings. The minimum absolute atomic E-state index is 0.0503. The van der Waals surface area contributed by atoms with Crippen LogP contribution in [0.2, 0.25) is 0 Å². The molecule has 2 N–H and O–H groups in total. The van der Waals surface area contributed by atoms with Gasteiger partial charge in [0.05, 0.1) is 21.9 Å². The highest BCUT2D eigenvalue weighted by Gasteiger charge is 2.28. The molecule has 1 amide bonds. The topological polar surface area (TPSA) is 92.8 Å². The summed E-state index contributed by atoms with van der Waals surface area (Å²) in [5.74, 6) is -0.716. The van der Waals surface area contributed by atoms with Gasteiger partial charge in [-0.1, -0.05) is 12.1 Å². The molecule has 0 aliphatic carbocycles. The fraction of sp³-hybridized carbons (Fsp3) is 0.0588. The first kappa shape index (κ1) is 17.0. The number of halogens is 1. The van der Waals surface area contributed by atoms with Crippen molar-refractivity contribution in [3.63, 3.8) is 0 Å². The van der Waals surface area contributed by atoms with E-state index in [9.17, 15) is 17.6 Å². The summed E-state index contributed by atoms with van der Waals surface area (Å²) in [6.07, 6.45) is 1.62. The van der Waals surface area contributed by atoms with Gasteiger partial charge in [-0.15, -0.1) is 0 Å². The number of rotatable bonds is 3. The van der Waals surface area contributed by atoms with E-state index in [4.69, 9.17) is 5.14 Å². The van der Waals surface area contributed by atoms with Gasteiger partial charge < -0.3 is 0 Å². The third kappa shape index (κ3) is 3.49. The lowest BCUT2D eigenvalue weighted by Gasteiger charge is -2.12. The second-order valence-corrected chi connectivity index (χ2v) is 7.01. The molecule has 3 rings (SSSR count). The first-order valence-electron chi connectivity index (χ1n) is 7.26. The highest BCUT2D eigenvalue weighted by molar-refractivity contribution is 7.89. The molecule has 1 aliphatic rings. The molecule has 8 heteroatoms. The number of anilines is 1. The SMILES string of the molecule is CC1=NN(c2ccc(S(N)(=O)=O)cc2)C(=O)/C1=C\c1ccc(F)cc1. The summed E-state index contributed by atoms with van der Waals surface area (Å²) in [6, 6.07) is 11.3. The zero-order chi connectivity index (χ0) is 18.2. The molecule has 1 heterocycles. The number of hydrogen-bond acceptors (Lipinski definition) is 4. The van der Waals surface area contributed by atoms with Crippen LogP contribution in [0.15, 0.2) is 64.1 Å². The Morgan fingerprint density at radius 1 is 1.08 bits per heavy atom. The fourth-order valence-electron chi connectivity index (χ4n) is 2.36. The molecule has 6 nitrogen and oxygen atoms in total. The van der Waals surface area contributed by atoms with E-state index in [2.05, 4.69) is 5.10 Å². The monoisotopic (exact) mass is 359 g/mol. The predicted octanol–water partition coefficient (Wildman–Crippen LogP) is 2.28. The highest BCUT2D eigenvalue weighted by atomic mass is 32.2. The molecule has 0 aromatic heterocycles. The molecule has 1 aliphatic heterocycles. The summed E-state index contributed by atoms with van der Waals surface area (Å²) in [7, 11) is -3.80. The van der Waals surface area contributed by atoms with Gasteiger partial charge >= 0.3 is 0 Å². The maximum absolute atomic E-state index is 13.0. The lowest BCUT2D eigenvalue weighted by Crippen LogP contribution is -2.21. The quantitative estimate of drug-likeness (QED) is 0.852. The third-order valence-corrected chi connectivity index (χ3v) is 4.58. The van der Waals surface area contributed by atoms with Crippen molar-refractivity contribution in [3.8, 4) is 0 Å². The number of hydrazone groups is 1. The molecule has 0 saturated heterocycles. The molecule has 0 saturated carbocycles. The van der Waals surface area contributed by atoms with Gasteiger partial charge in [-0.3, -0.25) is 4.79 Å². The van der Waals surface area contributed by atoms with E-state index in [-0.39, 0.29) is 16.6 Å². The summed E-state index contributed by atoms with van der Waals surface area (Å²) in [6.45, 7) is 1.69. The van der Waals surface area contributed by atoms with Crippen LogP contribution >= 0.6 is 0 Å². The summed E-state index contributed by atoms with van der Waals surface area (Å²) in [4.78, 5) is 12.5. The molecular weight excluding hydrogens is 345 g/mol. The van der Waals surface area contributed by atoms with Gasteiger partial charge in [-0.2, -0.15) is 10.1 Å². The van der Waals surface area contributed by atoms with Crippen molar-refractivity contribution >= 4 is 33.4 Å². The number of carbonyl (C=O) groups is 1. The van der Waals surface area contributed by atoms with Crippen LogP contribution in [0.4, 0.5) is 10.1 Å². The summed E-state index contributed by atoms with van der Waals surface area (Å²) < 4.78 is 35.6. The Balaban J connectivity index is 1.91. The van der Waals surface area contributed by atoms with Gasteiger partial charge in [0.2, 0.25) is 10.0 Å². The molecule has 0 spiro atoms. The van der Waals surface area contributed by atoms with Crippen molar-refractivity contribution in [2.24, 2.45) is 10.2 Å². The molecule has 0 fully saturated rings. The van der Waals surface area contributed by atoms with Crippen molar-refractivity contribution in [2.45, 2.75) is 11.8 Å². The second kappa shape index (κ2) is 6.23. The van der Waals surface area contributed by atoms with Crippen molar-refractivity contribution in [3.05, 3.63) is 65.5 Å². The molecule has 0 unspecified atom stereocenters. The van der Waals surface area contributed by atoms with Crippen molar-refractivity contribution in [1.29, 1.82) is 0 Å². The third-order valence-electron chi connectivity index (χ3n) is 3.65. The Labute approximate surface area is 144 Å². The van der Waals surface area contributed by atoms with E-state index in [1.807, 2.05) is 0 Å². The molecule has 0 bridgehead atoms. The number of nitrogens with two attached hydrogens (primary N) is 1. The van der Waals surface area contributed by atoms with Crippen LogP contribution in [0.25, 0.3) is 6.08 Å².